The second-order valence-electron chi connectivity index (χ2n) is 4.01. The second-order valence-corrected chi connectivity index (χ2v) is 5.29. The zero-order valence-electron chi connectivity index (χ0n) is 10.0. The summed E-state index contributed by atoms with van der Waals surface area (Å²) in [6, 6.07) is 12.5. The lowest BCUT2D eigenvalue weighted by molar-refractivity contribution is 0.723. The van der Waals surface area contributed by atoms with Gasteiger partial charge in [0, 0.05) is 10.0 Å². The van der Waals surface area contributed by atoms with E-state index in [-0.39, 0.29) is 0 Å². The Bertz CT molecular complexity index is 674. The van der Waals surface area contributed by atoms with Gasteiger partial charge in [-0.1, -0.05) is 40.9 Å². The average Bonchev–Trinajstić information content (AvgIpc) is 2.90. The molecule has 1 aliphatic heterocycles. The van der Waals surface area contributed by atoms with Crippen molar-refractivity contribution >= 4 is 52.5 Å². The Balaban J connectivity index is 2.00. The maximum Gasteiger partial charge on any atom is 0.222 e. The lowest BCUT2D eigenvalue weighted by Gasteiger charge is -2.28. The summed E-state index contributed by atoms with van der Waals surface area (Å²) >= 11 is 18.2. The van der Waals surface area contributed by atoms with Gasteiger partial charge in [0.05, 0.1) is 10.7 Å². The molecule has 0 saturated heterocycles. The molecule has 2 aromatic carbocycles. The summed E-state index contributed by atoms with van der Waals surface area (Å²) in [4.78, 5) is 0. The molecule has 1 aliphatic rings. The van der Waals surface area contributed by atoms with E-state index in [9.17, 15) is 0 Å². The van der Waals surface area contributed by atoms with Crippen LogP contribution in [-0.4, -0.2) is 6.34 Å². The number of nitrogens with one attached hydrogen (secondary N) is 1. The largest absolute Gasteiger partial charge is 0.222 e. The summed E-state index contributed by atoms with van der Waals surface area (Å²) in [5.41, 5.74) is 4.25. The maximum atomic E-state index is 6.20. The molecule has 3 rings (SSSR count). The number of hydrogen-bond donors (Lipinski definition) is 1. The first-order chi connectivity index (χ1) is 9.65. The van der Waals surface area contributed by atoms with Gasteiger partial charge < -0.3 is 0 Å². The third kappa shape index (κ3) is 2.50. The maximum absolute atomic E-state index is 6.20. The van der Waals surface area contributed by atoms with Gasteiger partial charge in [-0.15, -0.1) is 5.10 Å². The second kappa shape index (κ2) is 5.40. The van der Waals surface area contributed by atoms with Gasteiger partial charge >= 0.3 is 0 Å². The molecule has 1 N–H and O–H groups in total. The van der Waals surface area contributed by atoms with E-state index in [2.05, 4.69) is 17.0 Å². The lowest BCUT2D eigenvalue weighted by atomic mass is 10.3. The Morgan fingerprint density at radius 1 is 1.00 bits per heavy atom. The normalized spacial score (nSPS) is 13.8. The number of nitrogens with zero attached hydrogens (tertiary/aromatic N) is 3. The molecular formula is C13H8Cl3N4. The van der Waals surface area contributed by atoms with Crippen molar-refractivity contribution in [1.29, 1.82) is 0 Å². The van der Waals surface area contributed by atoms with Crippen molar-refractivity contribution < 1.29 is 0 Å². The van der Waals surface area contributed by atoms with Gasteiger partial charge in [-0.3, -0.25) is 0 Å². The molecule has 0 atom stereocenters. The van der Waals surface area contributed by atoms with Crippen LogP contribution in [0.2, 0.25) is 15.1 Å². The van der Waals surface area contributed by atoms with Crippen LogP contribution in [-0.2, 0) is 0 Å². The fourth-order valence-electron chi connectivity index (χ4n) is 1.80. The molecule has 1 heterocycles. The molecule has 0 fully saturated rings. The van der Waals surface area contributed by atoms with E-state index in [1.54, 1.807) is 40.5 Å². The fraction of sp³-hybridized carbons (Fsp3) is 0. The summed E-state index contributed by atoms with van der Waals surface area (Å²) in [5, 5.41) is 8.91. The first kappa shape index (κ1) is 13.4. The van der Waals surface area contributed by atoms with Gasteiger partial charge in [-0.2, -0.15) is 10.7 Å². The monoisotopic (exact) mass is 325 g/mol. The van der Waals surface area contributed by atoms with Gasteiger partial charge in [0.1, 0.15) is 5.69 Å². The van der Waals surface area contributed by atoms with Crippen LogP contribution in [0, 0.1) is 0 Å². The number of benzene rings is 2. The highest BCUT2D eigenvalue weighted by molar-refractivity contribution is 6.35. The van der Waals surface area contributed by atoms with E-state index in [4.69, 9.17) is 34.8 Å². The summed E-state index contributed by atoms with van der Waals surface area (Å²) in [5.74, 6) is 0. The van der Waals surface area contributed by atoms with Crippen molar-refractivity contribution in [1.82, 2.24) is 5.53 Å². The standard InChI is InChI=1S/C13H8Cl3N4/c14-9-2-1-3-11(6-9)19-8-17-18-20(19)13-7-10(15)4-5-12(13)16/h1-7,18H. The average molecular weight is 327 g/mol. The van der Waals surface area contributed by atoms with Crippen molar-refractivity contribution in [2.45, 2.75) is 0 Å². The zero-order valence-corrected chi connectivity index (χ0v) is 12.3. The van der Waals surface area contributed by atoms with Gasteiger partial charge in [0.2, 0.25) is 6.34 Å². The van der Waals surface area contributed by atoms with Crippen molar-refractivity contribution in [3.05, 3.63) is 57.5 Å². The number of rotatable bonds is 2. The quantitative estimate of drug-likeness (QED) is 0.896. The molecule has 0 amide bonds. The van der Waals surface area contributed by atoms with Crippen molar-refractivity contribution in [2.24, 2.45) is 5.10 Å². The number of anilines is 2. The molecule has 0 aliphatic carbocycles. The van der Waals surface area contributed by atoms with E-state index in [0.29, 0.717) is 20.8 Å². The smallest absolute Gasteiger partial charge is 0.210 e. The molecule has 101 valence electrons. The molecule has 20 heavy (non-hydrogen) atoms. The van der Waals surface area contributed by atoms with E-state index in [1.807, 2.05) is 12.1 Å². The van der Waals surface area contributed by atoms with E-state index in [1.165, 1.54) is 0 Å². The van der Waals surface area contributed by atoms with Crippen LogP contribution in [0.1, 0.15) is 0 Å². The molecule has 0 unspecified atom stereocenters. The number of hydrogen-bond acceptors (Lipinski definition) is 4. The first-order valence-electron chi connectivity index (χ1n) is 5.67. The van der Waals surface area contributed by atoms with Crippen LogP contribution in [0.25, 0.3) is 0 Å². The predicted molar refractivity (Wildman–Crippen MR) is 83.4 cm³/mol. The molecule has 0 spiro atoms. The predicted octanol–water partition coefficient (Wildman–Crippen LogP) is 4.21. The van der Waals surface area contributed by atoms with Crippen molar-refractivity contribution in [3.63, 3.8) is 0 Å². The van der Waals surface area contributed by atoms with Crippen LogP contribution in [0.3, 0.4) is 0 Å². The van der Waals surface area contributed by atoms with Crippen LogP contribution in [0.15, 0.2) is 47.6 Å². The molecule has 1 radical (unpaired) electrons. The number of hydrazine groups is 2. The summed E-state index contributed by atoms with van der Waals surface area (Å²) in [6.45, 7) is 0. The Kier molecular flexibility index (Phi) is 3.61. The summed E-state index contributed by atoms with van der Waals surface area (Å²) < 4.78 is 0. The van der Waals surface area contributed by atoms with Gasteiger partial charge in [-0.25, -0.2) is 5.01 Å². The summed E-state index contributed by atoms with van der Waals surface area (Å²) in [6.07, 6.45) is 2.81. The van der Waals surface area contributed by atoms with Crippen LogP contribution < -0.4 is 15.7 Å². The molecule has 0 saturated carbocycles. The van der Waals surface area contributed by atoms with Crippen molar-refractivity contribution in [3.8, 4) is 0 Å². The topological polar surface area (TPSA) is 30.9 Å². The van der Waals surface area contributed by atoms with Gasteiger partial charge in [-0.05, 0) is 36.4 Å². The zero-order chi connectivity index (χ0) is 14.1. The minimum atomic E-state index is 0.535. The van der Waals surface area contributed by atoms with Crippen LogP contribution in [0.5, 0.6) is 0 Å². The minimum absolute atomic E-state index is 0.535. The molecule has 0 aromatic heterocycles. The molecular weight excluding hydrogens is 319 g/mol. The van der Waals surface area contributed by atoms with Gasteiger partial charge in [0.15, 0.2) is 0 Å². The van der Waals surface area contributed by atoms with E-state index >= 15 is 0 Å². The van der Waals surface area contributed by atoms with Crippen LogP contribution >= 0.6 is 34.8 Å². The Morgan fingerprint density at radius 2 is 1.80 bits per heavy atom. The Labute approximate surface area is 131 Å². The number of halogens is 3. The third-order valence-electron chi connectivity index (χ3n) is 2.68. The lowest BCUT2D eigenvalue weighted by Crippen LogP contribution is -2.43. The molecule has 0 bridgehead atoms. The van der Waals surface area contributed by atoms with E-state index < -0.39 is 0 Å². The highest BCUT2D eigenvalue weighted by Gasteiger charge is 2.23. The number of hydrazone groups is 1. The Morgan fingerprint density at radius 3 is 2.60 bits per heavy atom. The fourth-order valence-corrected chi connectivity index (χ4v) is 2.35. The SMILES string of the molecule is Clc1cccc(N2[C]=NNN2c2cc(Cl)ccc2Cl)c1. The summed E-state index contributed by atoms with van der Waals surface area (Å²) in [7, 11) is 0. The van der Waals surface area contributed by atoms with E-state index in [0.717, 1.165) is 5.69 Å². The minimum Gasteiger partial charge on any atom is -0.210 e. The molecule has 4 nitrogen and oxygen atoms in total. The molecule has 2 aromatic rings. The molecule has 7 heteroatoms. The first-order valence-corrected chi connectivity index (χ1v) is 6.80. The third-order valence-corrected chi connectivity index (χ3v) is 3.47. The highest BCUT2D eigenvalue weighted by Crippen LogP contribution is 2.32. The van der Waals surface area contributed by atoms with Crippen LogP contribution in [0.4, 0.5) is 11.4 Å². The highest BCUT2D eigenvalue weighted by atomic mass is 35.5. The van der Waals surface area contributed by atoms with Crippen molar-refractivity contribution in [2.75, 3.05) is 10.1 Å². The Hall–Kier alpha value is -1.62. The van der Waals surface area contributed by atoms with Gasteiger partial charge in [0.25, 0.3) is 0 Å².